The third-order valence-electron chi connectivity index (χ3n) is 2.52. The summed E-state index contributed by atoms with van der Waals surface area (Å²) in [6, 6.07) is 3.47. The van der Waals surface area contributed by atoms with E-state index in [0.717, 1.165) is 10.7 Å². The maximum absolute atomic E-state index is 11.6. The number of aryl methyl sites for hydroxylation is 2. The molecule has 0 aliphatic heterocycles. The van der Waals surface area contributed by atoms with E-state index in [1.807, 2.05) is 20.0 Å². The topological polar surface area (TPSA) is 83.0 Å². The van der Waals surface area contributed by atoms with E-state index in [1.165, 1.54) is 25.1 Å². The van der Waals surface area contributed by atoms with Gasteiger partial charge in [0.05, 0.1) is 24.1 Å². The molecule has 0 atom stereocenters. The lowest BCUT2D eigenvalue weighted by Crippen LogP contribution is -2.07. The number of anilines is 1. The molecule has 2 N–H and O–H groups in total. The number of nitrogens with zero attached hydrogens (tertiary/aromatic N) is 3. The maximum Gasteiger partial charge on any atom is 0.340 e. The van der Waals surface area contributed by atoms with Gasteiger partial charge in [0.1, 0.15) is 10.1 Å². The summed E-state index contributed by atoms with van der Waals surface area (Å²) in [5.41, 5.74) is 7.50. The quantitative estimate of drug-likeness (QED) is 0.859. The third-order valence-corrected chi connectivity index (χ3v) is 3.63. The lowest BCUT2D eigenvalue weighted by Gasteiger charge is -2.08. The molecule has 0 amide bonds. The highest BCUT2D eigenvalue weighted by molar-refractivity contribution is 7.99. The Morgan fingerprint density at radius 2 is 2.26 bits per heavy atom. The molecule has 0 saturated heterocycles. The van der Waals surface area contributed by atoms with Crippen LogP contribution in [0.3, 0.4) is 0 Å². The van der Waals surface area contributed by atoms with Gasteiger partial charge in [-0.1, -0.05) is 0 Å². The van der Waals surface area contributed by atoms with Crippen molar-refractivity contribution in [2.75, 3.05) is 12.8 Å². The predicted octanol–water partition coefficient (Wildman–Crippen LogP) is 1.64. The number of nitrogen functional groups attached to an aromatic ring is 1. The first kappa shape index (κ1) is 13.4. The summed E-state index contributed by atoms with van der Waals surface area (Å²) in [6.07, 6.45) is 1.54. The number of hydrogen-bond donors (Lipinski definition) is 1. The molecule has 2 aromatic rings. The van der Waals surface area contributed by atoms with Gasteiger partial charge < -0.3 is 10.5 Å². The van der Waals surface area contributed by atoms with Crippen molar-refractivity contribution in [1.82, 2.24) is 14.8 Å². The number of methoxy groups -OCH3 is 1. The molecule has 7 heteroatoms. The largest absolute Gasteiger partial charge is 0.465 e. The zero-order valence-corrected chi connectivity index (χ0v) is 11.7. The van der Waals surface area contributed by atoms with Crippen molar-refractivity contribution in [3.05, 3.63) is 29.6 Å². The van der Waals surface area contributed by atoms with E-state index in [1.54, 1.807) is 10.7 Å². The SMILES string of the molecule is COC(=O)c1ccnc(Sc2cc(C)nn2C)c1N. The first-order chi connectivity index (χ1) is 9.02. The average molecular weight is 278 g/mol. The third kappa shape index (κ3) is 2.70. The Morgan fingerprint density at radius 3 is 2.84 bits per heavy atom. The van der Waals surface area contributed by atoms with Crippen LogP contribution in [0.15, 0.2) is 28.4 Å². The second-order valence-electron chi connectivity index (χ2n) is 3.92. The van der Waals surface area contributed by atoms with Gasteiger partial charge in [-0.3, -0.25) is 4.68 Å². The highest BCUT2D eigenvalue weighted by Gasteiger charge is 2.15. The smallest absolute Gasteiger partial charge is 0.340 e. The molecule has 0 radical (unpaired) electrons. The van der Waals surface area contributed by atoms with Crippen molar-refractivity contribution >= 4 is 23.4 Å². The number of carbonyl (C=O) groups is 1. The fourth-order valence-corrected chi connectivity index (χ4v) is 2.54. The number of ether oxygens (including phenoxy) is 1. The fraction of sp³-hybridized carbons (Fsp3) is 0.250. The molecule has 0 aliphatic rings. The molecule has 0 fully saturated rings. The van der Waals surface area contributed by atoms with Crippen LogP contribution in [0.25, 0.3) is 0 Å². The lowest BCUT2D eigenvalue weighted by molar-refractivity contribution is 0.0601. The van der Waals surface area contributed by atoms with Gasteiger partial charge in [0, 0.05) is 13.2 Å². The zero-order chi connectivity index (χ0) is 14.0. The summed E-state index contributed by atoms with van der Waals surface area (Å²) in [4.78, 5) is 15.7. The Kier molecular flexibility index (Phi) is 3.75. The molecule has 0 bridgehead atoms. The van der Waals surface area contributed by atoms with E-state index >= 15 is 0 Å². The molecule has 100 valence electrons. The minimum absolute atomic E-state index is 0.318. The normalized spacial score (nSPS) is 10.5. The summed E-state index contributed by atoms with van der Waals surface area (Å²) in [5.74, 6) is -0.470. The van der Waals surface area contributed by atoms with Gasteiger partial charge in [-0.15, -0.1) is 0 Å². The second-order valence-corrected chi connectivity index (χ2v) is 4.93. The minimum Gasteiger partial charge on any atom is -0.465 e. The van der Waals surface area contributed by atoms with Crippen LogP contribution in [0.1, 0.15) is 16.1 Å². The van der Waals surface area contributed by atoms with E-state index in [-0.39, 0.29) is 0 Å². The molecule has 0 aliphatic carbocycles. The van der Waals surface area contributed by atoms with Gasteiger partial charge in [0.2, 0.25) is 0 Å². The Bertz CT molecular complexity index is 624. The number of aromatic nitrogens is 3. The van der Waals surface area contributed by atoms with E-state index in [0.29, 0.717) is 16.3 Å². The number of pyridine rings is 1. The molecular formula is C12H14N4O2S. The van der Waals surface area contributed by atoms with Crippen molar-refractivity contribution in [3.8, 4) is 0 Å². The minimum atomic E-state index is -0.470. The Hall–Kier alpha value is -2.02. The number of hydrogen-bond acceptors (Lipinski definition) is 6. The van der Waals surface area contributed by atoms with E-state index in [2.05, 4.69) is 14.8 Å². The van der Waals surface area contributed by atoms with Gasteiger partial charge in [0.15, 0.2) is 0 Å². The highest BCUT2D eigenvalue weighted by atomic mass is 32.2. The van der Waals surface area contributed by atoms with Gasteiger partial charge in [-0.25, -0.2) is 9.78 Å². The fourth-order valence-electron chi connectivity index (χ4n) is 1.60. The summed E-state index contributed by atoms with van der Waals surface area (Å²) in [7, 11) is 3.16. The van der Waals surface area contributed by atoms with Crippen LogP contribution in [0, 0.1) is 6.92 Å². The van der Waals surface area contributed by atoms with Gasteiger partial charge in [-0.05, 0) is 30.8 Å². The molecular weight excluding hydrogens is 264 g/mol. The van der Waals surface area contributed by atoms with Crippen LogP contribution < -0.4 is 5.73 Å². The second kappa shape index (κ2) is 5.31. The van der Waals surface area contributed by atoms with Crippen molar-refractivity contribution in [2.24, 2.45) is 7.05 Å². The number of nitrogens with two attached hydrogens (primary N) is 1. The molecule has 6 nitrogen and oxygen atoms in total. The van der Waals surface area contributed by atoms with Crippen LogP contribution in [0.5, 0.6) is 0 Å². The van der Waals surface area contributed by atoms with Crippen LogP contribution >= 0.6 is 11.8 Å². The summed E-state index contributed by atoms with van der Waals surface area (Å²) in [5, 5.41) is 5.71. The van der Waals surface area contributed by atoms with Crippen LogP contribution in [0.4, 0.5) is 5.69 Å². The molecule has 0 saturated carbocycles. The Balaban J connectivity index is 2.36. The van der Waals surface area contributed by atoms with Crippen molar-refractivity contribution in [3.63, 3.8) is 0 Å². The average Bonchev–Trinajstić information content (AvgIpc) is 2.69. The molecule has 2 aromatic heterocycles. The number of carbonyl (C=O) groups excluding carboxylic acids is 1. The summed E-state index contributed by atoms with van der Waals surface area (Å²) < 4.78 is 6.42. The maximum atomic E-state index is 11.6. The summed E-state index contributed by atoms with van der Waals surface area (Å²) >= 11 is 1.36. The van der Waals surface area contributed by atoms with Crippen molar-refractivity contribution in [2.45, 2.75) is 17.0 Å². The molecule has 0 unspecified atom stereocenters. The van der Waals surface area contributed by atoms with Crippen LogP contribution in [-0.2, 0) is 11.8 Å². The molecule has 0 aromatic carbocycles. The number of rotatable bonds is 3. The van der Waals surface area contributed by atoms with Gasteiger partial charge in [-0.2, -0.15) is 5.10 Å². The number of esters is 1. The Morgan fingerprint density at radius 1 is 1.53 bits per heavy atom. The van der Waals surface area contributed by atoms with E-state index in [4.69, 9.17) is 5.73 Å². The monoisotopic (exact) mass is 278 g/mol. The van der Waals surface area contributed by atoms with E-state index < -0.39 is 5.97 Å². The van der Waals surface area contributed by atoms with Gasteiger partial charge in [0.25, 0.3) is 0 Å². The van der Waals surface area contributed by atoms with Crippen LogP contribution in [0.2, 0.25) is 0 Å². The molecule has 0 spiro atoms. The van der Waals surface area contributed by atoms with Gasteiger partial charge >= 0.3 is 5.97 Å². The molecule has 2 rings (SSSR count). The predicted molar refractivity (Wildman–Crippen MR) is 72.1 cm³/mol. The standard InChI is InChI=1S/C12H14N4O2S/c1-7-6-9(16(2)15-7)19-11-10(13)8(4-5-14-11)12(17)18-3/h4-6H,13H2,1-3H3. The van der Waals surface area contributed by atoms with Crippen molar-refractivity contribution in [1.29, 1.82) is 0 Å². The zero-order valence-electron chi connectivity index (χ0n) is 10.9. The molecule has 2 heterocycles. The van der Waals surface area contributed by atoms with Crippen LogP contribution in [-0.4, -0.2) is 27.8 Å². The van der Waals surface area contributed by atoms with Crippen molar-refractivity contribution < 1.29 is 9.53 Å². The summed E-state index contributed by atoms with van der Waals surface area (Å²) in [6.45, 7) is 1.91. The first-order valence-electron chi connectivity index (χ1n) is 5.54. The Labute approximate surface area is 115 Å². The van der Waals surface area contributed by atoms with E-state index in [9.17, 15) is 4.79 Å². The first-order valence-corrected chi connectivity index (χ1v) is 6.36. The lowest BCUT2D eigenvalue weighted by atomic mass is 10.2. The molecule has 19 heavy (non-hydrogen) atoms. The highest BCUT2D eigenvalue weighted by Crippen LogP contribution is 2.32.